The monoisotopic (exact) mass is 364 g/mol. The minimum absolute atomic E-state index is 0.182. The second kappa shape index (κ2) is 7.95. The van der Waals surface area contributed by atoms with Gasteiger partial charge in [0, 0.05) is 6.54 Å². The summed E-state index contributed by atoms with van der Waals surface area (Å²) in [4.78, 5) is 25.3. The van der Waals surface area contributed by atoms with E-state index in [0.717, 1.165) is 5.56 Å². The molecule has 0 spiro atoms. The van der Waals surface area contributed by atoms with Crippen LogP contribution in [0.15, 0.2) is 24.3 Å². The van der Waals surface area contributed by atoms with E-state index >= 15 is 0 Å². The molecule has 0 bridgehead atoms. The van der Waals surface area contributed by atoms with Gasteiger partial charge in [-0.05, 0) is 37.8 Å². The molecule has 2 unspecified atom stereocenters. The van der Waals surface area contributed by atoms with Crippen LogP contribution in [0.1, 0.15) is 51.7 Å². The van der Waals surface area contributed by atoms with Gasteiger partial charge in [0.2, 0.25) is 0 Å². The lowest BCUT2D eigenvalue weighted by Gasteiger charge is -2.23. The molecule has 0 radical (unpaired) electrons. The van der Waals surface area contributed by atoms with Gasteiger partial charge in [-0.3, -0.25) is 10.2 Å². The molecule has 1 fully saturated rings. The standard InChI is InChI=1S/C19H28N2O5/c1-12(2)14-8-6-7-13(9-14)10-21-11-15(25-18(21)24)16(22)20-17(23)26-19(3,4)5/h6-9,12,15-16,22H,10-11H2,1-5H3,(H,20,23). The number of rotatable bonds is 5. The van der Waals surface area contributed by atoms with Gasteiger partial charge in [-0.15, -0.1) is 0 Å². The van der Waals surface area contributed by atoms with Gasteiger partial charge in [0.15, 0.2) is 12.3 Å². The second-order valence-corrected chi connectivity index (χ2v) is 7.79. The number of hydrogen-bond acceptors (Lipinski definition) is 5. The average Bonchev–Trinajstić information content (AvgIpc) is 2.86. The molecular weight excluding hydrogens is 336 g/mol. The van der Waals surface area contributed by atoms with Crippen molar-refractivity contribution in [1.29, 1.82) is 0 Å². The fourth-order valence-corrected chi connectivity index (χ4v) is 2.62. The summed E-state index contributed by atoms with van der Waals surface area (Å²) in [6, 6.07) is 8.01. The highest BCUT2D eigenvalue weighted by atomic mass is 16.6. The number of hydrogen-bond donors (Lipinski definition) is 2. The maximum atomic E-state index is 12.1. The third-order valence-electron chi connectivity index (χ3n) is 3.92. The van der Waals surface area contributed by atoms with E-state index in [-0.39, 0.29) is 6.54 Å². The molecule has 7 nitrogen and oxygen atoms in total. The molecule has 2 N–H and O–H groups in total. The van der Waals surface area contributed by atoms with E-state index in [4.69, 9.17) is 9.47 Å². The Hall–Kier alpha value is -2.28. The molecule has 26 heavy (non-hydrogen) atoms. The Morgan fingerprint density at radius 1 is 1.42 bits per heavy atom. The summed E-state index contributed by atoms with van der Waals surface area (Å²) in [5.41, 5.74) is 1.51. The molecule has 1 aromatic carbocycles. The summed E-state index contributed by atoms with van der Waals surface area (Å²) in [6.07, 6.45) is -3.46. The van der Waals surface area contributed by atoms with Crippen molar-refractivity contribution in [2.75, 3.05) is 6.54 Å². The lowest BCUT2D eigenvalue weighted by Crippen LogP contribution is -2.46. The second-order valence-electron chi connectivity index (χ2n) is 7.79. The summed E-state index contributed by atoms with van der Waals surface area (Å²) in [5, 5.41) is 12.4. The normalized spacial score (nSPS) is 18.7. The van der Waals surface area contributed by atoms with Crippen LogP contribution in [0.2, 0.25) is 0 Å². The molecule has 0 saturated carbocycles. The van der Waals surface area contributed by atoms with Crippen molar-refractivity contribution in [3.05, 3.63) is 35.4 Å². The Morgan fingerprint density at radius 3 is 2.73 bits per heavy atom. The largest absolute Gasteiger partial charge is 0.444 e. The van der Waals surface area contributed by atoms with Gasteiger partial charge in [0.05, 0.1) is 6.54 Å². The third kappa shape index (κ3) is 5.62. The van der Waals surface area contributed by atoms with Crippen molar-refractivity contribution in [3.8, 4) is 0 Å². The summed E-state index contributed by atoms with van der Waals surface area (Å²) in [6.45, 7) is 9.96. The van der Waals surface area contributed by atoms with Crippen molar-refractivity contribution < 1.29 is 24.2 Å². The highest BCUT2D eigenvalue weighted by Crippen LogP contribution is 2.20. The Morgan fingerprint density at radius 2 is 2.12 bits per heavy atom. The van der Waals surface area contributed by atoms with Crippen LogP contribution in [0.5, 0.6) is 0 Å². The van der Waals surface area contributed by atoms with Gasteiger partial charge < -0.3 is 14.6 Å². The predicted octanol–water partition coefficient (Wildman–Crippen LogP) is 2.97. The molecule has 2 atom stereocenters. The van der Waals surface area contributed by atoms with Crippen molar-refractivity contribution in [2.24, 2.45) is 0 Å². The molecule has 0 aromatic heterocycles. The first-order chi connectivity index (χ1) is 12.0. The average molecular weight is 364 g/mol. The molecule has 2 amide bonds. The van der Waals surface area contributed by atoms with Gasteiger partial charge in [0.25, 0.3) is 0 Å². The minimum atomic E-state index is -1.33. The molecule has 7 heteroatoms. The highest BCUT2D eigenvalue weighted by Gasteiger charge is 2.37. The molecular formula is C19H28N2O5. The van der Waals surface area contributed by atoms with Crippen molar-refractivity contribution >= 4 is 12.2 Å². The molecule has 144 valence electrons. The van der Waals surface area contributed by atoms with E-state index in [1.807, 2.05) is 18.2 Å². The number of alkyl carbamates (subject to hydrolysis) is 1. The molecule has 1 aliphatic rings. The Bertz CT molecular complexity index is 654. The zero-order valence-electron chi connectivity index (χ0n) is 16.0. The summed E-state index contributed by atoms with van der Waals surface area (Å²) < 4.78 is 10.3. The van der Waals surface area contributed by atoms with Crippen LogP contribution >= 0.6 is 0 Å². The van der Waals surface area contributed by atoms with E-state index in [1.165, 1.54) is 10.5 Å². The molecule has 1 saturated heterocycles. The molecule has 0 aliphatic carbocycles. The smallest absolute Gasteiger partial charge is 0.410 e. The van der Waals surface area contributed by atoms with Crippen LogP contribution in [0, 0.1) is 0 Å². The van der Waals surface area contributed by atoms with Crippen LogP contribution in [0.4, 0.5) is 9.59 Å². The van der Waals surface area contributed by atoms with Crippen LogP contribution in [0.3, 0.4) is 0 Å². The highest BCUT2D eigenvalue weighted by molar-refractivity contribution is 5.71. The van der Waals surface area contributed by atoms with E-state index in [0.29, 0.717) is 12.5 Å². The van der Waals surface area contributed by atoms with E-state index < -0.39 is 30.1 Å². The first-order valence-electron chi connectivity index (χ1n) is 8.77. The van der Waals surface area contributed by atoms with Gasteiger partial charge in [-0.25, -0.2) is 9.59 Å². The van der Waals surface area contributed by atoms with Crippen LogP contribution in [0.25, 0.3) is 0 Å². The number of cyclic esters (lactones) is 1. The Labute approximate surface area is 154 Å². The number of amides is 2. The molecule has 1 aromatic rings. The third-order valence-corrected chi connectivity index (χ3v) is 3.92. The predicted molar refractivity (Wildman–Crippen MR) is 96.6 cm³/mol. The fraction of sp³-hybridized carbons (Fsp3) is 0.579. The Balaban J connectivity index is 1.93. The minimum Gasteiger partial charge on any atom is -0.444 e. The van der Waals surface area contributed by atoms with Gasteiger partial charge in [0.1, 0.15) is 5.60 Å². The summed E-state index contributed by atoms with van der Waals surface area (Å²) in [7, 11) is 0. The maximum absolute atomic E-state index is 12.1. The van der Waals surface area contributed by atoms with Crippen LogP contribution in [-0.4, -0.2) is 46.7 Å². The van der Waals surface area contributed by atoms with E-state index in [2.05, 4.69) is 25.2 Å². The Kier molecular flexibility index (Phi) is 6.13. The van der Waals surface area contributed by atoms with Crippen LogP contribution < -0.4 is 5.32 Å². The first kappa shape index (κ1) is 20.0. The maximum Gasteiger partial charge on any atom is 0.410 e. The van der Waals surface area contributed by atoms with Crippen molar-refractivity contribution in [3.63, 3.8) is 0 Å². The van der Waals surface area contributed by atoms with E-state index in [1.54, 1.807) is 20.8 Å². The lowest BCUT2D eigenvalue weighted by molar-refractivity contribution is -0.00425. The number of ether oxygens (including phenoxy) is 2. The molecule has 1 heterocycles. The molecule has 1 aliphatic heterocycles. The number of aliphatic hydroxyl groups is 1. The zero-order chi connectivity index (χ0) is 19.5. The summed E-state index contributed by atoms with van der Waals surface area (Å²) in [5.74, 6) is 0.396. The first-order valence-corrected chi connectivity index (χ1v) is 8.77. The van der Waals surface area contributed by atoms with Gasteiger partial charge >= 0.3 is 12.2 Å². The van der Waals surface area contributed by atoms with E-state index in [9.17, 15) is 14.7 Å². The van der Waals surface area contributed by atoms with Crippen molar-refractivity contribution in [1.82, 2.24) is 10.2 Å². The van der Waals surface area contributed by atoms with Gasteiger partial charge in [-0.1, -0.05) is 38.1 Å². The topological polar surface area (TPSA) is 88.1 Å². The molecule has 2 rings (SSSR count). The zero-order valence-corrected chi connectivity index (χ0v) is 16.0. The number of nitrogens with one attached hydrogen (secondary N) is 1. The number of carbonyl (C=O) groups excluding carboxylic acids is 2. The van der Waals surface area contributed by atoms with Gasteiger partial charge in [-0.2, -0.15) is 0 Å². The summed E-state index contributed by atoms with van der Waals surface area (Å²) >= 11 is 0. The fourth-order valence-electron chi connectivity index (χ4n) is 2.62. The lowest BCUT2D eigenvalue weighted by atomic mass is 10.0. The SMILES string of the molecule is CC(C)c1cccc(CN2CC(C(O)NC(=O)OC(C)(C)C)OC2=O)c1. The quantitative estimate of drug-likeness (QED) is 0.784. The number of nitrogens with zero attached hydrogens (tertiary/aromatic N) is 1. The van der Waals surface area contributed by atoms with Crippen LogP contribution in [-0.2, 0) is 16.0 Å². The number of benzene rings is 1. The number of aliphatic hydroxyl groups excluding tert-OH is 1. The van der Waals surface area contributed by atoms with Crippen molar-refractivity contribution in [2.45, 2.75) is 65.0 Å². The number of carbonyl (C=O) groups is 2.